The van der Waals surface area contributed by atoms with E-state index in [-0.39, 0.29) is 25.3 Å². The van der Waals surface area contributed by atoms with Crippen LogP contribution >= 0.6 is 0 Å². The van der Waals surface area contributed by atoms with Crippen molar-refractivity contribution >= 4 is 12.0 Å². The summed E-state index contributed by atoms with van der Waals surface area (Å²) in [6.45, 7) is 4.77. The molecule has 0 aromatic heterocycles. The summed E-state index contributed by atoms with van der Waals surface area (Å²) in [5, 5.41) is 14.3. The minimum atomic E-state index is -0.417. The molecule has 0 radical (unpaired) electrons. The zero-order valence-electron chi connectivity index (χ0n) is 12.2. The fourth-order valence-electron chi connectivity index (χ4n) is 2.11. The Morgan fingerprint density at radius 3 is 2.70 bits per heavy atom. The molecule has 0 aromatic carbocycles. The largest absolute Gasteiger partial charge is 0.463 e. The van der Waals surface area contributed by atoms with Crippen LogP contribution in [0.25, 0.3) is 0 Å². The van der Waals surface area contributed by atoms with E-state index in [1.165, 1.54) is 0 Å². The number of aliphatic hydroxyl groups is 1. The van der Waals surface area contributed by atoms with Gasteiger partial charge in [-0.15, -0.1) is 0 Å². The molecule has 0 aromatic rings. The zero-order chi connectivity index (χ0) is 15.1. The molecule has 20 heavy (non-hydrogen) atoms. The number of esters is 1. The Hall–Kier alpha value is -1.60. The number of nitrogens with zero attached hydrogens (tertiary/aromatic N) is 1. The average molecular weight is 285 g/mol. The Kier molecular flexibility index (Phi) is 6.47. The lowest BCUT2D eigenvalue weighted by Gasteiger charge is -2.30. The summed E-state index contributed by atoms with van der Waals surface area (Å²) in [7, 11) is 1.81. The Morgan fingerprint density at radius 1 is 1.45 bits per heavy atom. The van der Waals surface area contributed by atoms with Gasteiger partial charge in [0.15, 0.2) is 0 Å². The van der Waals surface area contributed by atoms with E-state index in [1.54, 1.807) is 14.0 Å². The summed E-state index contributed by atoms with van der Waals surface area (Å²) < 4.78 is 5.06. The molecule has 0 bridgehead atoms. The Morgan fingerprint density at radius 2 is 2.15 bits per heavy atom. The number of ether oxygens (including phenoxy) is 1. The quantitative estimate of drug-likeness (QED) is 0.564. The highest BCUT2D eigenvalue weighted by Crippen LogP contribution is 2.17. The van der Waals surface area contributed by atoms with Gasteiger partial charge in [-0.3, -0.25) is 4.90 Å². The summed E-state index contributed by atoms with van der Waals surface area (Å²) in [6.07, 6.45) is 0.606. The number of rotatable bonds is 7. The molecule has 114 valence electrons. The predicted molar refractivity (Wildman–Crippen MR) is 74.0 cm³/mol. The first-order valence-corrected chi connectivity index (χ1v) is 6.80. The Labute approximate surface area is 119 Å². The van der Waals surface area contributed by atoms with Crippen LogP contribution in [0.4, 0.5) is 4.79 Å². The SMILES string of the molecule is CCOC(=O)C1=C(CN(C)CCO)NC(=O)NC1CC. The predicted octanol–water partition coefficient (Wildman–Crippen LogP) is -0.181. The summed E-state index contributed by atoms with van der Waals surface area (Å²) in [4.78, 5) is 25.5. The monoisotopic (exact) mass is 285 g/mol. The zero-order valence-corrected chi connectivity index (χ0v) is 12.2. The van der Waals surface area contributed by atoms with E-state index < -0.39 is 5.97 Å². The number of nitrogens with one attached hydrogen (secondary N) is 2. The van der Waals surface area contributed by atoms with Crippen molar-refractivity contribution in [2.75, 3.05) is 33.4 Å². The van der Waals surface area contributed by atoms with Gasteiger partial charge < -0.3 is 20.5 Å². The number of hydrogen-bond acceptors (Lipinski definition) is 5. The van der Waals surface area contributed by atoms with Gasteiger partial charge in [0.05, 0.1) is 24.8 Å². The van der Waals surface area contributed by atoms with Crippen molar-refractivity contribution in [3.05, 3.63) is 11.3 Å². The molecule has 0 saturated carbocycles. The maximum absolute atomic E-state index is 12.1. The second-order valence-corrected chi connectivity index (χ2v) is 4.63. The number of carbonyl (C=O) groups excluding carboxylic acids is 2. The van der Waals surface area contributed by atoms with Crippen molar-refractivity contribution in [3.63, 3.8) is 0 Å². The van der Waals surface area contributed by atoms with E-state index in [0.29, 0.717) is 30.8 Å². The summed E-state index contributed by atoms with van der Waals surface area (Å²) >= 11 is 0. The summed E-state index contributed by atoms with van der Waals surface area (Å²) in [5.41, 5.74) is 0.994. The molecule has 7 heteroatoms. The van der Waals surface area contributed by atoms with Crippen LogP contribution in [-0.4, -0.2) is 61.4 Å². The number of urea groups is 1. The lowest BCUT2D eigenvalue weighted by Crippen LogP contribution is -2.52. The highest BCUT2D eigenvalue weighted by molar-refractivity contribution is 5.94. The van der Waals surface area contributed by atoms with Gasteiger partial charge in [0.1, 0.15) is 0 Å². The van der Waals surface area contributed by atoms with Crippen LogP contribution in [0.2, 0.25) is 0 Å². The van der Waals surface area contributed by atoms with Crippen LogP contribution in [0.15, 0.2) is 11.3 Å². The van der Waals surface area contributed by atoms with E-state index in [2.05, 4.69) is 10.6 Å². The molecular formula is C13H23N3O4. The third kappa shape index (κ3) is 4.21. The number of amides is 2. The molecule has 0 aliphatic carbocycles. The maximum Gasteiger partial charge on any atom is 0.337 e. The minimum absolute atomic E-state index is 0.0158. The topological polar surface area (TPSA) is 90.9 Å². The fraction of sp³-hybridized carbons (Fsp3) is 0.692. The normalized spacial score (nSPS) is 18.9. The first-order valence-electron chi connectivity index (χ1n) is 6.80. The van der Waals surface area contributed by atoms with Crippen LogP contribution < -0.4 is 10.6 Å². The van der Waals surface area contributed by atoms with E-state index in [1.807, 2.05) is 11.8 Å². The van der Waals surface area contributed by atoms with E-state index >= 15 is 0 Å². The van der Waals surface area contributed by atoms with Gasteiger partial charge in [-0.2, -0.15) is 0 Å². The minimum Gasteiger partial charge on any atom is -0.463 e. The second-order valence-electron chi connectivity index (χ2n) is 4.63. The van der Waals surface area contributed by atoms with E-state index in [4.69, 9.17) is 9.84 Å². The van der Waals surface area contributed by atoms with Crippen LogP contribution in [0.1, 0.15) is 20.3 Å². The smallest absolute Gasteiger partial charge is 0.337 e. The molecular weight excluding hydrogens is 262 g/mol. The van der Waals surface area contributed by atoms with Crippen molar-refractivity contribution in [1.82, 2.24) is 15.5 Å². The highest BCUT2D eigenvalue weighted by atomic mass is 16.5. The first-order chi connectivity index (χ1) is 9.53. The molecule has 0 fully saturated rings. The average Bonchev–Trinajstić information content (AvgIpc) is 2.38. The standard InChI is InChI=1S/C13H23N3O4/c1-4-9-11(12(18)20-5-2)10(15-13(19)14-9)8-16(3)6-7-17/h9,17H,4-8H2,1-3H3,(H2,14,15,19). The van der Waals surface area contributed by atoms with E-state index in [0.717, 1.165) is 0 Å². The van der Waals surface area contributed by atoms with E-state index in [9.17, 15) is 9.59 Å². The number of likely N-dealkylation sites (N-methyl/N-ethyl adjacent to an activating group) is 1. The van der Waals surface area contributed by atoms with Gasteiger partial charge >= 0.3 is 12.0 Å². The van der Waals surface area contributed by atoms with Gasteiger partial charge in [0.2, 0.25) is 0 Å². The van der Waals surface area contributed by atoms with Crippen molar-refractivity contribution < 1.29 is 19.4 Å². The van der Waals surface area contributed by atoms with Gasteiger partial charge in [-0.25, -0.2) is 9.59 Å². The molecule has 0 saturated heterocycles. The molecule has 1 heterocycles. The van der Waals surface area contributed by atoms with Crippen LogP contribution in [0.3, 0.4) is 0 Å². The molecule has 1 rings (SSSR count). The van der Waals surface area contributed by atoms with Gasteiger partial charge in [0.25, 0.3) is 0 Å². The molecule has 1 unspecified atom stereocenters. The Balaban J connectivity index is 3.03. The lowest BCUT2D eigenvalue weighted by atomic mass is 10.00. The molecule has 2 amide bonds. The molecule has 1 aliphatic heterocycles. The molecule has 1 atom stereocenters. The molecule has 3 N–H and O–H groups in total. The van der Waals surface area contributed by atoms with Crippen LogP contribution in [-0.2, 0) is 9.53 Å². The number of carbonyl (C=O) groups is 2. The second kappa shape index (κ2) is 7.86. The van der Waals surface area contributed by atoms with Crippen molar-refractivity contribution in [1.29, 1.82) is 0 Å². The molecule has 0 spiro atoms. The number of hydrogen-bond donors (Lipinski definition) is 3. The number of aliphatic hydroxyl groups excluding tert-OH is 1. The Bertz CT molecular complexity index is 395. The van der Waals surface area contributed by atoms with Gasteiger partial charge in [-0.1, -0.05) is 6.92 Å². The van der Waals surface area contributed by atoms with Gasteiger partial charge in [-0.05, 0) is 20.4 Å². The third-order valence-corrected chi connectivity index (χ3v) is 3.06. The van der Waals surface area contributed by atoms with Gasteiger partial charge in [0, 0.05) is 18.8 Å². The van der Waals surface area contributed by atoms with Crippen LogP contribution in [0, 0.1) is 0 Å². The first kappa shape index (κ1) is 16.5. The lowest BCUT2D eigenvalue weighted by molar-refractivity contribution is -0.139. The highest BCUT2D eigenvalue weighted by Gasteiger charge is 2.31. The summed E-state index contributed by atoms with van der Waals surface area (Å²) in [5.74, 6) is -0.417. The third-order valence-electron chi connectivity index (χ3n) is 3.06. The maximum atomic E-state index is 12.1. The molecule has 7 nitrogen and oxygen atoms in total. The molecule has 1 aliphatic rings. The summed E-state index contributed by atoms with van der Waals surface area (Å²) in [6, 6.07) is -0.669. The van der Waals surface area contributed by atoms with Crippen molar-refractivity contribution in [3.8, 4) is 0 Å². The van der Waals surface area contributed by atoms with Crippen LogP contribution in [0.5, 0.6) is 0 Å². The fourth-order valence-corrected chi connectivity index (χ4v) is 2.11. The van der Waals surface area contributed by atoms with Crippen molar-refractivity contribution in [2.45, 2.75) is 26.3 Å². The van der Waals surface area contributed by atoms with Crippen molar-refractivity contribution in [2.24, 2.45) is 0 Å².